The van der Waals surface area contributed by atoms with Crippen LogP contribution in [0.4, 0.5) is 0 Å². The molecule has 0 heterocycles. The fourth-order valence-electron chi connectivity index (χ4n) is 3.53. The van der Waals surface area contributed by atoms with Crippen LogP contribution in [-0.4, -0.2) is 18.0 Å². The van der Waals surface area contributed by atoms with Crippen LogP contribution in [-0.2, 0) is 20.7 Å². The van der Waals surface area contributed by atoms with Gasteiger partial charge in [-0.05, 0) is 11.1 Å². The van der Waals surface area contributed by atoms with E-state index in [9.17, 15) is 9.36 Å². The molecule has 164 valence electrons. The summed E-state index contributed by atoms with van der Waals surface area (Å²) in [5.41, 5.74) is 1.66. The number of hydrogen-bond donors (Lipinski definition) is 0. The summed E-state index contributed by atoms with van der Waals surface area (Å²) < 4.78 is 20.4. The van der Waals surface area contributed by atoms with Gasteiger partial charge in [-0.25, -0.2) is 4.79 Å². The van der Waals surface area contributed by atoms with Crippen LogP contribution in [0.1, 0.15) is 11.1 Å². The highest BCUT2D eigenvalue weighted by Gasteiger charge is 2.42. The van der Waals surface area contributed by atoms with Crippen molar-refractivity contribution < 1.29 is 14.1 Å². The number of aliphatic imine (C=N–C) groups is 1. The second-order valence-electron chi connectivity index (χ2n) is 7.48. The highest BCUT2D eigenvalue weighted by atomic mass is 31.2. The maximum atomic E-state index is 14.8. The first-order chi connectivity index (χ1) is 16.2. The number of hydrogen-bond acceptors (Lipinski definition) is 4. The van der Waals surface area contributed by atoms with Gasteiger partial charge in [0.25, 0.3) is 0 Å². The van der Waals surface area contributed by atoms with Crippen molar-refractivity contribution in [2.45, 2.75) is 12.4 Å². The van der Waals surface area contributed by atoms with E-state index in [0.29, 0.717) is 10.6 Å². The van der Waals surface area contributed by atoms with Gasteiger partial charge in [0.05, 0.1) is 0 Å². The predicted octanol–water partition coefficient (Wildman–Crippen LogP) is 5.19. The minimum atomic E-state index is -3.52. The summed E-state index contributed by atoms with van der Waals surface area (Å²) in [5.74, 6) is -1.84. The lowest BCUT2D eigenvalue weighted by Crippen LogP contribution is -2.32. The van der Waals surface area contributed by atoms with Crippen molar-refractivity contribution in [1.29, 1.82) is 0 Å². The molecule has 5 heteroatoms. The SMILES string of the molecule is O=C(OCc1ccccc1)C(/N=C/c1ccccc1)P(=O)(c1ccccc1)c1ccccc1. The number of nitrogens with zero attached hydrogens (tertiary/aromatic N) is 1. The van der Waals surface area contributed by atoms with E-state index in [1.807, 2.05) is 97.1 Å². The van der Waals surface area contributed by atoms with E-state index < -0.39 is 18.9 Å². The molecule has 0 spiro atoms. The summed E-state index contributed by atoms with van der Waals surface area (Å²) in [6, 6.07) is 37.0. The smallest absolute Gasteiger partial charge is 0.339 e. The van der Waals surface area contributed by atoms with Gasteiger partial charge >= 0.3 is 5.97 Å². The summed E-state index contributed by atoms with van der Waals surface area (Å²) in [4.78, 5) is 18.0. The molecule has 0 aliphatic heterocycles. The monoisotopic (exact) mass is 453 g/mol. The molecule has 0 aliphatic carbocycles. The number of esters is 1. The molecule has 1 atom stereocenters. The average Bonchev–Trinajstić information content (AvgIpc) is 2.89. The summed E-state index contributed by atoms with van der Waals surface area (Å²) in [6.45, 7) is 0.0839. The molecule has 0 fully saturated rings. The molecule has 0 aliphatic rings. The molecule has 33 heavy (non-hydrogen) atoms. The molecular formula is C28H24NO3P. The molecule has 0 amide bonds. The standard InChI is InChI=1S/C28H24NO3P/c30-28(32-22-24-15-7-2-8-16-24)27(29-21-23-13-5-1-6-14-23)33(31,25-17-9-3-10-18-25)26-19-11-4-12-20-26/h1-21,27H,22H2/b29-21+. The Kier molecular flexibility index (Phi) is 7.29. The Morgan fingerprint density at radius 2 is 1.18 bits per heavy atom. The van der Waals surface area contributed by atoms with E-state index in [0.717, 1.165) is 11.1 Å². The quantitative estimate of drug-likeness (QED) is 0.210. The summed E-state index contributed by atoms with van der Waals surface area (Å²) in [5, 5.41) is 1.12. The molecule has 4 aromatic rings. The number of ether oxygens (including phenoxy) is 1. The van der Waals surface area contributed by atoms with Crippen molar-refractivity contribution in [3.63, 3.8) is 0 Å². The molecule has 0 aromatic heterocycles. The first-order valence-corrected chi connectivity index (χ1v) is 12.5. The fourth-order valence-corrected chi connectivity index (χ4v) is 6.25. The van der Waals surface area contributed by atoms with E-state index >= 15 is 0 Å². The molecule has 4 rings (SSSR count). The van der Waals surface area contributed by atoms with E-state index in [1.165, 1.54) is 0 Å². The molecular weight excluding hydrogens is 429 g/mol. The summed E-state index contributed by atoms with van der Waals surface area (Å²) in [7, 11) is -3.52. The van der Waals surface area contributed by atoms with Crippen molar-refractivity contribution >= 4 is 29.9 Å². The van der Waals surface area contributed by atoms with Crippen molar-refractivity contribution in [3.8, 4) is 0 Å². The normalized spacial score (nSPS) is 12.4. The molecule has 0 bridgehead atoms. The zero-order valence-electron chi connectivity index (χ0n) is 18.0. The third-order valence-electron chi connectivity index (χ3n) is 5.22. The molecule has 4 aromatic carbocycles. The van der Waals surface area contributed by atoms with Crippen LogP contribution in [0.3, 0.4) is 0 Å². The van der Waals surface area contributed by atoms with Crippen molar-refractivity contribution in [2.75, 3.05) is 0 Å². The number of rotatable bonds is 8. The highest BCUT2D eigenvalue weighted by Crippen LogP contribution is 2.49. The van der Waals surface area contributed by atoms with E-state index in [-0.39, 0.29) is 6.61 Å². The fraction of sp³-hybridized carbons (Fsp3) is 0.0714. The zero-order valence-corrected chi connectivity index (χ0v) is 18.9. The number of benzene rings is 4. The van der Waals surface area contributed by atoms with Gasteiger partial charge in [0.15, 0.2) is 7.14 Å². The van der Waals surface area contributed by atoms with Gasteiger partial charge in [-0.1, -0.05) is 121 Å². The Hall–Kier alpha value is -3.75. The lowest BCUT2D eigenvalue weighted by Gasteiger charge is -2.25. The Morgan fingerprint density at radius 1 is 0.727 bits per heavy atom. The van der Waals surface area contributed by atoms with Crippen LogP contribution >= 0.6 is 7.14 Å². The maximum absolute atomic E-state index is 14.8. The Morgan fingerprint density at radius 3 is 1.70 bits per heavy atom. The third-order valence-corrected chi connectivity index (χ3v) is 8.39. The van der Waals surface area contributed by atoms with Gasteiger partial charge in [0, 0.05) is 16.8 Å². The van der Waals surface area contributed by atoms with Crippen LogP contribution in [0.2, 0.25) is 0 Å². The summed E-state index contributed by atoms with van der Waals surface area (Å²) >= 11 is 0. The van der Waals surface area contributed by atoms with Crippen molar-refractivity contribution in [3.05, 3.63) is 132 Å². The second kappa shape index (κ2) is 10.7. The van der Waals surface area contributed by atoms with Crippen LogP contribution in [0.5, 0.6) is 0 Å². The molecule has 0 N–H and O–H groups in total. The topological polar surface area (TPSA) is 55.7 Å². The van der Waals surface area contributed by atoms with Crippen LogP contribution in [0, 0.1) is 0 Å². The molecule has 1 unspecified atom stereocenters. The van der Waals surface area contributed by atoms with Gasteiger partial charge in [-0.3, -0.25) is 4.99 Å². The van der Waals surface area contributed by atoms with E-state index in [2.05, 4.69) is 4.99 Å². The minimum Gasteiger partial charge on any atom is -0.459 e. The largest absolute Gasteiger partial charge is 0.459 e. The minimum absolute atomic E-state index is 0.0839. The lowest BCUT2D eigenvalue weighted by atomic mass is 10.2. The first-order valence-electron chi connectivity index (χ1n) is 10.7. The Balaban J connectivity index is 1.77. The predicted molar refractivity (Wildman–Crippen MR) is 134 cm³/mol. The third kappa shape index (κ3) is 5.36. The second-order valence-corrected chi connectivity index (χ2v) is 10.3. The molecule has 0 saturated carbocycles. The summed E-state index contributed by atoms with van der Waals surface area (Å²) in [6.07, 6.45) is 1.59. The lowest BCUT2D eigenvalue weighted by molar-refractivity contribution is -0.144. The van der Waals surface area contributed by atoms with Crippen LogP contribution < -0.4 is 10.6 Å². The molecule has 0 radical (unpaired) electrons. The van der Waals surface area contributed by atoms with Crippen LogP contribution in [0.15, 0.2) is 126 Å². The first kappa shape index (κ1) is 22.4. The number of carbonyl (C=O) groups is 1. The van der Waals surface area contributed by atoms with Crippen molar-refractivity contribution in [1.82, 2.24) is 0 Å². The van der Waals surface area contributed by atoms with Gasteiger partial charge in [-0.15, -0.1) is 0 Å². The molecule has 4 nitrogen and oxygen atoms in total. The van der Waals surface area contributed by atoms with Gasteiger partial charge in [-0.2, -0.15) is 0 Å². The Bertz CT molecular complexity index is 1200. The van der Waals surface area contributed by atoms with Crippen molar-refractivity contribution in [2.24, 2.45) is 4.99 Å². The maximum Gasteiger partial charge on any atom is 0.339 e. The molecule has 0 saturated heterocycles. The van der Waals surface area contributed by atoms with Gasteiger partial charge < -0.3 is 9.30 Å². The van der Waals surface area contributed by atoms with Gasteiger partial charge in [0.2, 0.25) is 5.78 Å². The number of carbonyl (C=O) groups excluding carboxylic acids is 1. The van der Waals surface area contributed by atoms with E-state index in [1.54, 1.807) is 30.5 Å². The van der Waals surface area contributed by atoms with E-state index in [4.69, 9.17) is 4.74 Å². The average molecular weight is 453 g/mol. The van der Waals surface area contributed by atoms with Crippen LogP contribution in [0.25, 0.3) is 0 Å². The Labute approximate surface area is 194 Å². The van der Waals surface area contributed by atoms with Gasteiger partial charge in [0.1, 0.15) is 6.61 Å². The highest BCUT2D eigenvalue weighted by molar-refractivity contribution is 7.80. The zero-order chi connectivity index (χ0) is 22.9.